The van der Waals surface area contributed by atoms with Gasteiger partial charge in [0.15, 0.2) is 10.6 Å². The van der Waals surface area contributed by atoms with Crippen LogP contribution in [0.1, 0.15) is 0 Å². The number of aromatic nitrogens is 3. The average molecular weight is 368 g/mol. The predicted octanol–water partition coefficient (Wildman–Crippen LogP) is 3.13. The van der Waals surface area contributed by atoms with E-state index >= 15 is 0 Å². The number of amides is 1. The summed E-state index contributed by atoms with van der Waals surface area (Å²) in [5.74, 6) is -0.293. The van der Waals surface area contributed by atoms with Crippen LogP contribution in [0.15, 0.2) is 42.6 Å². The van der Waals surface area contributed by atoms with Crippen molar-refractivity contribution < 1.29 is 9.72 Å². The lowest BCUT2D eigenvalue weighted by molar-refractivity contribution is -0.383. The van der Waals surface area contributed by atoms with Crippen LogP contribution in [-0.2, 0) is 4.79 Å². The Hall–Kier alpha value is -3.53. The number of anilines is 2. The molecule has 0 radical (unpaired) electrons. The lowest BCUT2D eigenvalue weighted by Gasteiger charge is -2.05. The maximum absolute atomic E-state index is 12.1. The third kappa shape index (κ3) is 2.93. The number of aromatic amines is 1. The molecule has 1 amide bonds. The van der Waals surface area contributed by atoms with Gasteiger partial charge in [0.2, 0.25) is 5.91 Å². The topological polar surface area (TPSA) is 126 Å². The van der Waals surface area contributed by atoms with Crippen LogP contribution < -0.4 is 10.6 Å². The van der Waals surface area contributed by atoms with E-state index in [0.717, 1.165) is 11.1 Å². The quantitative estimate of drug-likeness (QED) is 0.367. The number of nitro groups is 1. The molecule has 2 heterocycles. The highest BCUT2D eigenvalue weighted by molar-refractivity contribution is 7.23. The largest absolute Gasteiger partial charge is 0.376 e. The van der Waals surface area contributed by atoms with Crippen LogP contribution in [0.3, 0.4) is 0 Å². The number of rotatable bonds is 5. The number of H-pyrrole nitrogens is 1. The Bertz CT molecular complexity index is 1120. The summed E-state index contributed by atoms with van der Waals surface area (Å²) in [6.45, 7) is 0.0587. The highest BCUT2D eigenvalue weighted by Gasteiger charge is 2.21. The standard InChI is InChI=1S/C16H12N6O3S/c23-13(8-17-9-4-2-1-3-5-9)19-16-20-14-12(22(24)25)6-11-10(7-18-21-11)15(14)26-16/h1-7,17H,8H2,(H,18,21)(H,19,20,23). The number of benzene rings is 2. The summed E-state index contributed by atoms with van der Waals surface area (Å²) in [7, 11) is 0. The van der Waals surface area contributed by atoms with Gasteiger partial charge < -0.3 is 10.6 Å². The molecule has 0 saturated carbocycles. The number of fused-ring (bicyclic) bond motifs is 3. The summed E-state index contributed by atoms with van der Waals surface area (Å²) >= 11 is 1.18. The number of para-hydroxylation sites is 1. The molecule has 0 bridgehead atoms. The van der Waals surface area contributed by atoms with Gasteiger partial charge in [0.25, 0.3) is 5.69 Å². The minimum atomic E-state index is -0.495. The fourth-order valence-corrected chi connectivity index (χ4v) is 3.58. The fourth-order valence-electron chi connectivity index (χ4n) is 2.56. The van der Waals surface area contributed by atoms with Gasteiger partial charge in [-0.05, 0) is 12.1 Å². The van der Waals surface area contributed by atoms with Crippen molar-refractivity contribution in [2.75, 3.05) is 17.2 Å². The van der Waals surface area contributed by atoms with E-state index in [9.17, 15) is 14.9 Å². The molecule has 2 aromatic carbocycles. The van der Waals surface area contributed by atoms with Crippen LogP contribution in [0.25, 0.3) is 21.1 Å². The zero-order valence-corrected chi connectivity index (χ0v) is 14.0. The first-order valence-electron chi connectivity index (χ1n) is 7.61. The second kappa shape index (κ2) is 6.41. The SMILES string of the molecule is O=C(CNc1ccccc1)Nc1nc2c([N+](=O)[O-])cc3[nH]ncc3c2s1. The van der Waals surface area contributed by atoms with Gasteiger partial charge >= 0.3 is 0 Å². The molecular formula is C16H12N6O3S. The Kier molecular flexibility index (Phi) is 3.93. The monoisotopic (exact) mass is 368 g/mol. The molecule has 0 aliphatic carbocycles. The maximum atomic E-state index is 12.1. The number of nitro benzene ring substituents is 1. The minimum Gasteiger partial charge on any atom is -0.376 e. The van der Waals surface area contributed by atoms with Crippen LogP contribution in [0.5, 0.6) is 0 Å². The summed E-state index contributed by atoms with van der Waals surface area (Å²) in [5, 5.41) is 24.7. The smallest absolute Gasteiger partial charge is 0.298 e. The van der Waals surface area contributed by atoms with Crippen LogP contribution in [-0.4, -0.2) is 32.6 Å². The lowest BCUT2D eigenvalue weighted by atomic mass is 10.2. The number of carbonyl (C=O) groups excluding carboxylic acids is 1. The van der Waals surface area contributed by atoms with Gasteiger partial charge in [-0.1, -0.05) is 29.5 Å². The molecule has 130 valence electrons. The predicted molar refractivity (Wildman–Crippen MR) is 99.5 cm³/mol. The zero-order valence-electron chi connectivity index (χ0n) is 13.2. The summed E-state index contributed by atoms with van der Waals surface area (Å²) in [4.78, 5) is 27.2. The van der Waals surface area contributed by atoms with E-state index in [2.05, 4.69) is 25.8 Å². The highest BCUT2D eigenvalue weighted by Crippen LogP contribution is 2.37. The van der Waals surface area contributed by atoms with Crippen molar-refractivity contribution in [3.63, 3.8) is 0 Å². The Morgan fingerprint density at radius 2 is 2.12 bits per heavy atom. The zero-order chi connectivity index (χ0) is 18.1. The van der Waals surface area contributed by atoms with E-state index in [0.29, 0.717) is 15.3 Å². The first-order valence-corrected chi connectivity index (χ1v) is 8.43. The van der Waals surface area contributed by atoms with E-state index in [1.165, 1.54) is 17.4 Å². The number of hydrogen-bond acceptors (Lipinski definition) is 7. The van der Waals surface area contributed by atoms with Crippen molar-refractivity contribution in [1.29, 1.82) is 0 Å². The molecular weight excluding hydrogens is 356 g/mol. The molecule has 0 aliphatic heterocycles. The van der Waals surface area contributed by atoms with Gasteiger partial charge in [0.1, 0.15) is 0 Å². The van der Waals surface area contributed by atoms with E-state index in [1.807, 2.05) is 30.3 Å². The fraction of sp³-hybridized carbons (Fsp3) is 0.0625. The van der Waals surface area contributed by atoms with Crippen molar-refractivity contribution in [2.45, 2.75) is 0 Å². The molecule has 4 rings (SSSR count). The van der Waals surface area contributed by atoms with Crippen LogP contribution >= 0.6 is 11.3 Å². The van der Waals surface area contributed by atoms with Crippen molar-refractivity contribution >= 4 is 54.9 Å². The van der Waals surface area contributed by atoms with Gasteiger partial charge in [-0.3, -0.25) is 20.0 Å². The number of non-ortho nitro benzene ring substituents is 1. The molecule has 0 fully saturated rings. The maximum Gasteiger partial charge on any atom is 0.298 e. The highest BCUT2D eigenvalue weighted by atomic mass is 32.1. The normalized spacial score (nSPS) is 10.9. The van der Waals surface area contributed by atoms with E-state index in [-0.39, 0.29) is 23.7 Å². The molecule has 2 aromatic heterocycles. The molecule has 0 spiro atoms. The molecule has 0 unspecified atom stereocenters. The number of carbonyl (C=O) groups is 1. The summed E-state index contributed by atoms with van der Waals surface area (Å²) in [6, 6.07) is 10.7. The second-order valence-corrected chi connectivity index (χ2v) is 6.45. The van der Waals surface area contributed by atoms with Crippen LogP contribution in [0.4, 0.5) is 16.5 Å². The Morgan fingerprint density at radius 1 is 1.31 bits per heavy atom. The van der Waals surface area contributed by atoms with Crippen LogP contribution in [0.2, 0.25) is 0 Å². The van der Waals surface area contributed by atoms with Crippen molar-refractivity contribution in [1.82, 2.24) is 15.2 Å². The van der Waals surface area contributed by atoms with Gasteiger partial charge in [-0.15, -0.1) is 0 Å². The van der Waals surface area contributed by atoms with E-state index in [4.69, 9.17) is 0 Å². The number of nitrogens with one attached hydrogen (secondary N) is 3. The Labute approximate surface area is 150 Å². The van der Waals surface area contributed by atoms with Crippen molar-refractivity contribution in [2.24, 2.45) is 0 Å². The van der Waals surface area contributed by atoms with E-state index in [1.54, 1.807) is 6.20 Å². The lowest BCUT2D eigenvalue weighted by Crippen LogP contribution is -2.21. The first-order chi connectivity index (χ1) is 12.6. The summed E-state index contributed by atoms with van der Waals surface area (Å²) in [5.41, 5.74) is 1.48. The molecule has 10 heteroatoms. The molecule has 9 nitrogen and oxygen atoms in total. The number of nitrogens with zero attached hydrogens (tertiary/aromatic N) is 3. The molecule has 4 aromatic rings. The first kappa shape index (κ1) is 16.0. The van der Waals surface area contributed by atoms with Gasteiger partial charge in [0.05, 0.1) is 27.9 Å². The minimum absolute atomic E-state index is 0.0587. The van der Waals surface area contributed by atoms with Crippen molar-refractivity contribution in [3.05, 3.63) is 52.7 Å². The van der Waals surface area contributed by atoms with Gasteiger partial charge in [0, 0.05) is 17.1 Å². The summed E-state index contributed by atoms with van der Waals surface area (Å²) < 4.78 is 0.606. The molecule has 3 N–H and O–H groups in total. The number of hydrogen-bond donors (Lipinski definition) is 3. The molecule has 0 aliphatic rings. The molecule has 0 atom stereocenters. The molecule has 26 heavy (non-hydrogen) atoms. The van der Waals surface area contributed by atoms with Crippen molar-refractivity contribution in [3.8, 4) is 0 Å². The Morgan fingerprint density at radius 3 is 2.88 bits per heavy atom. The third-order valence-corrected chi connectivity index (χ3v) is 4.74. The average Bonchev–Trinajstić information content (AvgIpc) is 3.25. The Balaban J connectivity index is 1.60. The van der Waals surface area contributed by atoms with E-state index < -0.39 is 4.92 Å². The third-order valence-electron chi connectivity index (χ3n) is 3.73. The second-order valence-electron chi connectivity index (χ2n) is 5.45. The van der Waals surface area contributed by atoms with Gasteiger partial charge in [-0.25, -0.2) is 4.98 Å². The number of thiazole rings is 1. The van der Waals surface area contributed by atoms with Gasteiger partial charge in [-0.2, -0.15) is 5.10 Å². The molecule has 0 saturated heterocycles. The summed E-state index contributed by atoms with van der Waals surface area (Å²) in [6.07, 6.45) is 1.59. The van der Waals surface area contributed by atoms with Crippen LogP contribution in [0, 0.1) is 10.1 Å².